The molecule has 3 aromatic rings. The van der Waals surface area contributed by atoms with Crippen LogP contribution in [0.5, 0.6) is 11.5 Å². The number of hydrogen-bond donors (Lipinski definition) is 2. The van der Waals surface area contributed by atoms with Crippen LogP contribution in [-0.2, 0) is 4.79 Å². The minimum atomic E-state index is -0.494. The number of anilines is 1. The Morgan fingerprint density at radius 3 is 2.79 bits per heavy atom. The van der Waals surface area contributed by atoms with Crippen molar-refractivity contribution in [3.05, 3.63) is 58.3 Å². The van der Waals surface area contributed by atoms with Crippen molar-refractivity contribution >= 4 is 33.9 Å². The lowest BCUT2D eigenvalue weighted by Gasteiger charge is -2.07. The number of H-pyrrole nitrogens is 1. The lowest BCUT2D eigenvalue weighted by molar-refractivity contribution is -0.111. The molecule has 0 aliphatic carbocycles. The number of rotatable bonds is 6. The van der Waals surface area contributed by atoms with Crippen molar-refractivity contribution in [3.63, 3.8) is 0 Å². The van der Waals surface area contributed by atoms with E-state index in [4.69, 9.17) is 9.47 Å². The second-order valence-electron chi connectivity index (χ2n) is 5.56. The zero-order valence-corrected chi connectivity index (χ0v) is 16.6. The number of amides is 1. The Labute approximate surface area is 168 Å². The highest BCUT2D eigenvalue weighted by Gasteiger charge is 2.13. The standard InChI is InChI=1S/C19H16BrFN4O3/c1-27-13-5-6-14(16(10-13)28-2)18-23-19(25-24-18)22-17(26)8-3-11-9-12(20)4-7-15(11)21/h3-10H,1-2H3,(H2,22,23,24,25,26). The van der Waals surface area contributed by atoms with E-state index in [1.165, 1.54) is 25.3 Å². The fourth-order valence-electron chi connectivity index (χ4n) is 2.39. The largest absolute Gasteiger partial charge is 0.497 e. The Kier molecular flexibility index (Phi) is 6.05. The van der Waals surface area contributed by atoms with E-state index < -0.39 is 11.7 Å². The SMILES string of the molecule is COc1ccc(-c2nc(NC(=O)C=Cc3cc(Br)ccc3F)n[nH]2)c(OC)c1. The molecule has 1 amide bonds. The number of carbonyl (C=O) groups excluding carboxylic acids is 1. The molecule has 0 saturated heterocycles. The van der Waals surface area contributed by atoms with E-state index in [1.807, 2.05) is 0 Å². The Hall–Kier alpha value is -3.20. The summed E-state index contributed by atoms with van der Waals surface area (Å²) in [6.07, 6.45) is 2.57. The van der Waals surface area contributed by atoms with Gasteiger partial charge in [0.1, 0.15) is 17.3 Å². The van der Waals surface area contributed by atoms with Gasteiger partial charge in [0.25, 0.3) is 5.91 Å². The summed E-state index contributed by atoms with van der Waals surface area (Å²) in [5, 5.41) is 9.23. The summed E-state index contributed by atoms with van der Waals surface area (Å²) in [7, 11) is 3.09. The fraction of sp³-hybridized carbons (Fsp3) is 0.105. The number of nitrogens with zero attached hydrogens (tertiary/aromatic N) is 2. The molecule has 0 bridgehead atoms. The van der Waals surface area contributed by atoms with Crippen LogP contribution in [0.15, 0.2) is 46.9 Å². The van der Waals surface area contributed by atoms with E-state index in [1.54, 1.807) is 37.4 Å². The number of methoxy groups -OCH3 is 2. The highest BCUT2D eigenvalue weighted by atomic mass is 79.9. The van der Waals surface area contributed by atoms with Crippen LogP contribution in [0.25, 0.3) is 17.5 Å². The van der Waals surface area contributed by atoms with Crippen molar-refractivity contribution in [2.75, 3.05) is 19.5 Å². The van der Waals surface area contributed by atoms with Gasteiger partial charge in [-0.25, -0.2) is 4.39 Å². The Morgan fingerprint density at radius 2 is 2.04 bits per heavy atom. The Balaban J connectivity index is 1.73. The molecule has 2 aromatic carbocycles. The van der Waals surface area contributed by atoms with Crippen molar-refractivity contribution in [1.82, 2.24) is 15.2 Å². The summed E-state index contributed by atoms with van der Waals surface area (Å²) in [6, 6.07) is 9.69. The van der Waals surface area contributed by atoms with Crippen molar-refractivity contribution in [1.29, 1.82) is 0 Å². The van der Waals surface area contributed by atoms with Gasteiger partial charge in [0, 0.05) is 22.2 Å². The van der Waals surface area contributed by atoms with E-state index in [0.29, 0.717) is 27.4 Å². The third-order valence-electron chi connectivity index (χ3n) is 3.76. The van der Waals surface area contributed by atoms with Gasteiger partial charge >= 0.3 is 0 Å². The van der Waals surface area contributed by atoms with Gasteiger partial charge in [-0.15, -0.1) is 5.10 Å². The predicted molar refractivity (Wildman–Crippen MR) is 107 cm³/mol. The summed E-state index contributed by atoms with van der Waals surface area (Å²) in [5.41, 5.74) is 0.936. The van der Waals surface area contributed by atoms with Gasteiger partial charge < -0.3 is 9.47 Å². The molecule has 3 rings (SSSR count). The molecule has 1 heterocycles. The van der Waals surface area contributed by atoms with Gasteiger partial charge in [-0.1, -0.05) is 15.9 Å². The van der Waals surface area contributed by atoms with Crippen LogP contribution in [0.3, 0.4) is 0 Å². The summed E-state index contributed by atoms with van der Waals surface area (Å²) in [5.74, 6) is 0.747. The number of aromatic nitrogens is 3. The van der Waals surface area contributed by atoms with E-state index >= 15 is 0 Å². The van der Waals surface area contributed by atoms with Crippen LogP contribution in [-0.4, -0.2) is 35.3 Å². The van der Waals surface area contributed by atoms with Crippen LogP contribution in [0.1, 0.15) is 5.56 Å². The smallest absolute Gasteiger partial charge is 0.250 e. The lowest BCUT2D eigenvalue weighted by Crippen LogP contribution is -2.09. The molecule has 2 N–H and O–H groups in total. The van der Waals surface area contributed by atoms with E-state index in [0.717, 1.165) is 0 Å². The van der Waals surface area contributed by atoms with E-state index in [2.05, 4.69) is 36.4 Å². The molecule has 0 saturated carbocycles. The maximum atomic E-state index is 13.7. The number of ether oxygens (including phenoxy) is 2. The van der Waals surface area contributed by atoms with Crippen molar-refractivity contribution in [2.45, 2.75) is 0 Å². The molecule has 9 heteroatoms. The molecular weight excluding hydrogens is 431 g/mol. The number of halogens is 2. The van der Waals surface area contributed by atoms with Crippen LogP contribution < -0.4 is 14.8 Å². The van der Waals surface area contributed by atoms with Crippen molar-refractivity contribution in [2.24, 2.45) is 0 Å². The molecule has 0 aliphatic heterocycles. The van der Waals surface area contributed by atoms with Gasteiger partial charge in [0.05, 0.1) is 19.8 Å². The van der Waals surface area contributed by atoms with Crippen LogP contribution in [0, 0.1) is 5.82 Å². The van der Waals surface area contributed by atoms with Gasteiger partial charge in [-0.05, 0) is 36.4 Å². The molecule has 0 spiro atoms. The summed E-state index contributed by atoms with van der Waals surface area (Å²) in [6.45, 7) is 0. The third-order valence-corrected chi connectivity index (χ3v) is 4.25. The van der Waals surface area contributed by atoms with Crippen LogP contribution in [0.2, 0.25) is 0 Å². The molecule has 28 heavy (non-hydrogen) atoms. The lowest BCUT2D eigenvalue weighted by atomic mass is 10.2. The Bertz CT molecular complexity index is 1040. The number of carbonyl (C=O) groups is 1. The normalized spacial score (nSPS) is 10.9. The molecule has 0 atom stereocenters. The van der Waals surface area contributed by atoms with Gasteiger partial charge in [0.2, 0.25) is 5.95 Å². The Morgan fingerprint density at radius 1 is 1.21 bits per heavy atom. The van der Waals surface area contributed by atoms with Crippen molar-refractivity contribution in [3.8, 4) is 22.9 Å². The zero-order valence-electron chi connectivity index (χ0n) is 15.0. The first-order valence-corrected chi connectivity index (χ1v) is 8.88. The number of aromatic amines is 1. The second kappa shape index (κ2) is 8.66. The van der Waals surface area contributed by atoms with E-state index in [-0.39, 0.29) is 11.5 Å². The molecule has 0 aliphatic rings. The van der Waals surface area contributed by atoms with Crippen LogP contribution in [0.4, 0.5) is 10.3 Å². The minimum Gasteiger partial charge on any atom is -0.497 e. The van der Waals surface area contributed by atoms with Crippen LogP contribution >= 0.6 is 15.9 Å². The summed E-state index contributed by atoms with van der Waals surface area (Å²) < 4.78 is 24.9. The molecule has 0 radical (unpaired) electrons. The molecular formula is C19H16BrFN4O3. The zero-order chi connectivity index (χ0) is 20.1. The quantitative estimate of drug-likeness (QED) is 0.557. The monoisotopic (exact) mass is 446 g/mol. The topological polar surface area (TPSA) is 89.1 Å². The summed E-state index contributed by atoms with van der Waals surface area (Å²) in [4.78, 5) is 16.3. The molecule has 0 unspecified atom stereocenters. The molecule has 1 aromatic heterocycles. The highest BCUT2D eigenvalue weighted by Crippen LogP contribution is 2.31. The maximum absolute atomic E-state index is 13.7. The van der Waals surface area contributed by atoms with E-state index in [9.17, 15) is 9.18 Å². The average Bonchev–Trinajstić information content (AvgIpc) is 3.16. The first kappa shape index (κ1) is 19.6. The molecule has 144 valence electrons. The average molecular weight is 447 g/mol. The van der Waals surface area contributed by atoms with Gasteiger partial charge in [0.15, 0.2) is 5.82 Å². The minimum absolute atomic E-state index is 0.0808. The number of benzene rings is 2. The first-order valence-electron chi connectivity index (χ1n) is 8.09. The number of hydrogen-bond acceptors (Lipinski definition) is 5. The first-order chi connectivity index (χ1) is 13.5. The summed E-state index contributed by atoms with van der Waals surface area (Å²) >= 11 is 3.26. The second-order valence-corrected chi connectivity index (χ2v) is 6.48. The van der Waals surface area contributed by atoms with Gasteiger partial charge in [-0.3, -0.25) is 15.2 Å². The predicted octanol–water partition coefficient (Wildman–Crippen LogP) is 4.04. The molecule has 0 fully saturated rings. The van der Waals surface area contributed by atoms with Gasteiger partial charge in [-0.2, -0.15) is 4.98 Å². The fourth-order valence-corrected chi connectivity index (χ4v) is 2.77. The maximum Gasteiger partial charge on any atom is 0.250 e. The number of nitrogens with one attached hydrogen (secondary N) is 2. The van der Waals surface area contributed by atoms with Crippen molar-refractivity contribution < 1.29 is 18.7 Å². The third kappa shape index (κ3) is 4.55. The highest BCUT2D eigenvalue weighted by molar-refractivity contribution is 9.10. The molecule has 7 nitrogen and oxygen atoms in total.